The minimum Gasteiger partial charge on any atom is -0.482 e. The number of hydrogen-bond acceptors (Lipinski definition) is 5. The van der Waals surface area contributed by atoms with Gasteiger partial charge in [0.1, 0.15) is 5.75 Å². The number of carbonyl (C=O) groups is 2. The third-order valence-electron chi connectivity index (χ3n) is 5.19. The molecule has 2 N–H and O–H groups in total. The fraction of sp³-hybridized carbons (Fsp3) is 0.391. The topological polar surface area (TPSA) is 78.9 Å². The van der Waals surface area contributed by atoms with Gasteiger partial charge in [0.25, 0.3) is 0 Å². The van der Waals surface area contributed by atoms with E-state index in [4.69, 9.17) is 33.0 Å². The van der Waals surface area contributed by atoms with Gasteiger partial charge in [-0.05, 0) is 61.3 Å². The van der Waals surface area contributed by atoms with Crippen molar-refractivity contribution in [3.05, 3.63) is 63.6 Å². The van der Waals surface area contributed by atoms with E-state index in [1.807, 2.05) is 18.2 Å². The van der Waals surface area contributed by atoms with Gasteiger partial charge in [-0.3, -0.25) is 4.79 Å². The van der Waals surface area contributed by atoms with Crippen molar-refractivity contribution in [1.82, 2.24) is 10.2 Å². The Labute approximate surface area is 204 Å². The van der Waals surface area contributed by atoms with E-state index >= 15 is 0 Å². The number of carboxylic acid groups (broad SMARTS) is 1. The summed E-state index contributed by atoms with van der Waals surface area (Å²) in [4.78, 5) is 25.7. The lowest BCUT2D eigenvalue weighted by atomic mass is 10.0. The molecule has 1 saturated heterocycles. The Morgan fingerprint density at radius 2 is 1.84 bits per heavy atom. The molecule has 1 heterocycles. The summed E-state index contributed by atoms with van der Waals surface area (Å²) in [6.07, 6.45) is 2.61. The van der Waals surface area contributed by atoms with Gasteiger partial charge in [-0.25, -0.2) is 4.79 Å². The standard InChI is InChI=1S/C23H26Cl2N2O4.ClH/c24-20-7-6-16(11-21(20)25)10-18(28)13-26-22(14-27-8-1-2-9-27)17-4-3-5-19(12-17)31-15-23(29)30;/h3-7,11-12,22,26H,1-2,8-10,13-15H2,(H,29,30);1H. The highest BCUT2D eigenvalue weighted by atomic mass is 35.5. The first-order valence-electron chi connectivity index (χ1n) is 10.3. The summed E-state index contributed by atoms with van der Waals surface area (Å²) < 4.78 is 5.32. The number of rotatable bonds is 11. The quantitative estimate of drug-likeness (QED) is 0.475. The van der Waals surface area contributed by atoms with Gasteiger partial charge in [-0.2, -0.15) is 0 Å². The lowest BCUT2D eigenvalue weighted by Gasteiger charge is -2.25. The number of carbonyl (C=O) groups excluding carboxylic acids is 1. The number of hydrogen-bond donors (Lipinski definition) is 2. The molecule has 1 atom stereocenters. The van der Waals surface area contributed by atoms with Crippen molar-refractivity contribution in [2.75, 3.05) is 32.8 Å². The third kappa shape index (κ3) is 8.26. The third-order valence-corrected chi connectivity index (χ3v) is 5.93. The van der Waals surface area contributed by atoms with E-state index < -0.39 is 12.6 Å². The Bertz CT molecular complexity index is 920. The summed E-state index contributed by atoms with van der Waals surface area (Å²) in [5.41, 5.74) is 1.78. The van der Waals surface area contributed by atoms with Gasteiger partial charge in [0.15, 0.2) is 12.4 Å². The summed E-state index contributed by atoms with van der Waals surface area (Å²) in [5, 5.41) is 13.1. The Morgan fingerprint density at radius 1 is 1.09 bits per heavy atom. The SMILES string of the molecule is Cl.O=C(O)COc1cccc(C(CN2CCCC2)NCC(=O)Cc2ccc(Cl)c(Cl)c2)c1. The summed E-state index contributed by atoms with van der Waals surface area (Å²) in [6, 6.07) is 12.5. The van der Waals surface area contributed by atoms with Crippen LogP contribution in [-0.2, 0) is 16.0 Å². The Kier molecular flexibility index (Phi) is 10.7. The highest BCUT2D eigenvalue weighted by Crippen LogP contribution is 2.24. The molecule has 6 nitrogen and oxygen atoms in total. The van der Waals surface area contributed by atoms with Crippen LogP contribution < -0.4 is 10.1 Å². The molecular formula is C23H27Cl3N2O4. The Balaban J connectivity index is 0.00000363. The molecule has 0 saturated carbocycles. The van der Waals surface area contributed by atoms with Crippen molar-refractivity contribution in [3.8, 4) is 5.75 Å². The largest absolute Gasteiger partial charge is 0.482 e. The number of benzene rings is 2. The number of ether oxygens (including phenoxy) is 1. The van der Waals surface area contributed by atoms with Gasteiger partial charge < -0.3 is 20.1 Å². The molecule has 1 aliphatic rings. The molecule has 174 valence electrons. The van der Waals surface area contributed by atoms with Crippen molar-refractivity contribution in [2.45, 2.75) is 25.3 Å². The highest BCUT2D eigenvalue weighted by molar-refractivity contribution is 6.42. The summed E-state index contributed by atoms with van der Waals surface area (Å²) >= 11 is 12.0. The monoisotopic (exact) mass is 500 g/mol. The lowest BCUT2D eigenvalue weighted by molar-refractivity contribution is -0.139. The van der Waals surface area contributed by atoms with Gasteiger partial charge in [-0.15, -0.1) is 12.4 Å². The second-order valence-corrected chi connectivity index (χ2v) is 8.47. The minimum absolute atomic E-state index is 0. The molecule has 0 aliphatic carbocycles. The molecule has 3 rings (SSSR count). The second kappa shape index (κ2) is 13.0. The van der Waals surface area contributed by atoms with E-state index in [2.05, 4.69) is 10.2 Å². The van der Waals surface area contributed by atoms with Crippen LogP contribution in [0.15, 0.2) is 42.5 Å². The van der Waals surface area contributed by atoms with Crippen LogP contribution in [0.3, 0.4) is 0 Å². The average molecular weight is 502 g/mol. The lowest BCUT2D eigenvalue weighted by Crippen LogP contribution is -2.36. The van der Waals surface area contributed by atoms with Crippen LogP contribution in [0.4, 0.5) is 0 Å². The maximum absolute atomic E-state index is 12.6. The van der Waals surface area contributed by atoms with Gasteiger partial charge in [0.2, 0.25) is 0 Å². The molecule has 2 aromatic rings. The molecule has 0 radical (unpaired) electrons. The van der Waals surface area contributed by atoms with Gasteiger partial charge in [0, 0.05) is 19.0 Å². The first-order valence-corrected chi connectivity index (χ1v) is 11.0. The number of ketones is 1. The van der Waals surface area contributed by atoms with Crippen molar-refractivity contribution in [1.29, 1.82) is 0 Å². The van der Waals surface area contributed by atoms with E-state index in [9.17, 15) is 9.59 Å². The normalized spacial score (nSPS) is 14.6. The van der Waals surface area contributed by atoms with E-state index in [-0.39, 0.29) is 37.2 Å². The highest BCUT2D eigenvalue weighted by Gasteiger charge is 2.20. The van der Waals surface area contributed by atoms with E-state index in [0.29, 0.717) is 15.8 Å². The van der Waals surface area contributed by atoms with Crippen LogP contribution in [0.25, 0.3) is 0 Å². The predicted molar refractivity (Wildman–Crippen MR) is 128 cm³/mol. The molecule has 1 aliphatic heterocycles. The number of nitrogens with zero attached hydrogens (tertiary/aromatic N) is 1. The van der Waals surface area contributed by atoms with Gasteiger partial charge >= 0.3 is 5.97 Å². The van der Waals surface area contributed by atoms with Crippen molar-refractivity contribution in [2.24, 2.45) is 0 Å². The van der Waals surface area contributed by atoms with Crippen molar-refractivity contribution >= 4 is 47.4 Å². The van der Waals surface area contributed by atoms with Crippen LogP contribution in [0.5, 0.6) is 5.75 Å². The van der Waals surface area contributed by atoms with Crippen LogP contribution in [0.1, 0.15) is 30.0 Å². The van der Waals surface area contributed by atoms with Crippen LogP contribution in [0.2, 0.25) is 10.0 Å². The van der Waals surface area contributed by atoms with Crippen molar-refractivity contribution in [3.63, 3.8) is 0 Å². The van der Waals surface area contributed by atoms with Crippen LogP contribution in [0, 0.1) is 0 Å². The smallest absolute Gasteiger partial charge is 0.341 e. The van der Waals surface area contributed by atoms with Crippen molar-refractivity contribution < 1.29 is 19.4 Å². The van der Waals surface area contributed by atoms with E-state index in [1.165, 1.54) is 12.8 Å². The van der Waals surface area contributed by atoms with Gasteiger partial charge in [-0.1, -0.05) is 41.4 Å². The first-order chi connectivity index (χ1) is 14.9. The minimum atomic E-state index is -1.02. The van der Waals surface area contributed by atoms with E-state index in [1.54, 1.807) is 24.3 Å². The molecule has 2 aromatic carbocycles. The zero-order valence-corrected chi connectivity index (χ0v) is 19.9. The molecule has 0 amide bonds. The number of carboxylic acids is 1. The summed E-state index contributed by atoms with van der Waals surface area (Å²) in [6.45, 7) is 2.65. The number of nitrogens with one attached hydrogen (secondary N) is 1. The Hall–Kier alpha value is -1.83. The molecule has 9 heteroatoms. The molecule has 32 heavy (non-hydrogen) atoms. The maximum Gasteiger partial charge on any atom is 0.341 e. The fourth-order valence-corrected chi connectivity index (χ4v) is 3.97. The number of aliphatic carboxylic acids is 1. The van der Waals surface area contributed by atoms with Crippen LogP contribution in [-0.4, -0.2) is 54.5 Å². The van der Waals surface area contributed by atoms with Gasteiger partial charge in [0.05, 0.1) is 16.6 Å². The molecule has 1 fully saturated rings. The maximum atomic E-state index is 12.6. The zero-order valence-electron chi connectivity index (χ0n) is 17.6. The molecule has 0 bridgehead atoms. The molecule has 1 unspecified atom stereocenters. The average Bonchev–Trinajstić information content (AvgIpc) is 3.26. The number of Topliss-reactive ketones (excluding diaryl/α,β-unsaturated/α-hetero) is 1. The predicted octanol–water partition coefficient (Wildman–Crippen LogP) is 4.42. The van der Waals surface area contributed by atoms with E-state index in [0.717, 1.165) is 30.8 Å². The zero-order chi connectivity index (χ0) is 22.2. The fourth-order valence-electron chi connectivity index (χ4n) is 3.65. The number of halogens is 3. The summed E-state index contributed by atoms with van der Waals surface area (Å²) in [5.74, 6) is -0.483. The Morgan fingerprint density at radius 3 is 2.53 bits per heavy atom. The first kappa shape index (κ1) is 26.4. The number of likely N-dealkylation sites (tertiary alicyclic amines) is 1. The summed E-state index contributed by atoms with van der Waals surface area (Å²) in [7, 11) is 0. The second-order valence-electron chi connectivity index (χ2n) is 7.66. The molecular weight excluding hydrogens is 475 g/mol. The molecule has 0 aromatic heterocycles. The molecule has 0 spiro atoms. The van der Waals surface area contributed by atoms with Crippen LogP contribution >= 0.6 is 35.6 Å².